The number of aromatic nitrogens is 2. The minimum absolute atomic E-state index is 0.0219. The van der Waals surface area contributed by atoms with Gasteiger partial charge in [-0.3, -0.25) is 9.48 Å². The molecule has 0 spiro atoms. The fourth-order valence-electron chi connectivity index (χ4n) is 3.22. The van der Waals surface area contributed by atoms with Crippen LogP contribution in [0.5, 0.6) is 5.75 Å². The number of fused-ring (bicyclic) bond motifs is 1. The summed E-state index contributed by atoms with van der Waals surface area (Å²) >= 11 is 1.38. The van der Waals surface area contributed by atoms with Gasteiger partial charge in [0.25, 0.3) is 5.91 Å². The maximum atomic E-state index is 13.2. The smallest absolute Gasteiger partial charge is 0.261 e. The molecule has 0 fully saturated rings. The van der Waals surface area contributed by atoms with E-state index in [1.54, 1.807) is 24.3 Å². The van der Waals surface area contributed by atoms with E-state index in [0.29, 0.717) is 23.7 Å². The lowest BCUT2D eigenvalue weighted by atomic mass is 10.2. The van der Waals surface area contributed by atoms with Gasteiger partial charge in [0.2, 0.25) is 0 Å². The van der Waals surface area contributed by atoms with E-state index < -0.39 is 0 Å². The Balaban J connectivity index is 1.47. The van der Waals surface area contributed by atoms with Gasteiger partial charge in [-0.2, -0.15) is 10.4 Å². The number of carbonyl (C=O) groups is 1. The minimum atomic E-state index is -0.275. The summed E-state index contributed by atoms with van der Waals surface area (Å²) in [7, 11) is 0. The molecule has 156 valence electrons. The molecule has 0 aliphatic carbocycles. The molecule has 0 unspecified atom stereocenters. The number of rotatable bonds is 7. The number of ether oxygens (including phenoxy) is 1. The van der Waals surface area contributed by atoms with Crippen LogP contribution in [0.15, 0.2) is 54.6 Å². The summed E-state index contributed by atoms with van der Waals surface area (Å²) in [5.74, 6) is 0.145. The van der Waals surface area contributed by atoms with Crippen LogP contribution in [0.25, 0.3) is 10.2 Å². The van der Waals surface area contributed by atoms with Crippen molar-refractivity contribution in [1.82, 2.24) is 15.1 Å². The Morgan fingerprint density at radius 2 is 2.03 bits per heavy atom. The topological polar surface area (TPSA) is 79.9 Å². The largest absolute Gasteiger partial charge is 0.479 e. The molecule has 4 aromatic rings. The second-order valence-electron chi connectivity index (χ2n) is 6.98. The van der Waals surface area contributed by atoms with Gasteiger partial charge < -0.3 is 10.1 Å². The summed E-state index contributed by atoms with van der Waals surface area (Å²) in [6.07, 6.45) is 0. The van der Waals surface area contributed by atoms with Gasteiger partial charge in [-0.1, -0.05) is 24.3 Å². The molecule has 1 N–H and O–H groups in total. The lowest BCUT2D eigenvalue weighted by Gasteiger charge is -2.07. The van der Waals surface area contributed by atoms with E-state index in [-0.39, 0.29) is 18.3 Å². The summed E-state index contributed by atoms with van der Waals surface area (Å²) in [4.78, 5) is 14.2. The zero-order chi connectivity index (χ0) is 21.8. The van der Waals surface area contributed by atoms with Crippen LogP contribution in [0.2, 0.25) is 0 Å². The first-order valence-corrected chi connectivity index (χ1v) is 10.4. The third-order valence-electron chi connectivity index (χ3n) is 4.73. The zero-order valence-corrected chi connectivity index (χ0v) is 17.6. The van der Waals surface area contributed by atoms with Crippen LogP contribution in [-0.2, 0) is 13.1 Å². The number of benzene rings is 2. The molecule has 1 amide bonds. The van der Waals surface area contributed by atoms with Crippen LogP contribution in [0, 0.1) is 24.1 Å². The third-order valence-corrected chi connectivity index (χ3v) is 5.88. The van der Waals surface area contributed by atoms with Gasteiger partial charge in [0, 0.05) is 11.9 Å². The number of hydrogen-bond acceptors (Lipinski definition) is 5. The molecule has 2 aromatic heterocycles. The summed E-state index contributed by atoms with van der Waals surface area (Å²) in [6, 6.07) is 17.4. The van der Waals surface area contributed by atoms with Gasteiger partial charge in [-0.25, -0.2) is 4.39 Å². The molecule has 0 aliphatic rings. The number of hydrogen-bond donors (Lipinski definition) is 1. The molecule has 2 aromatic carbocycles. The van der Waals surface area contributed by atoms with E-state index >= 15 is 0 Å². The van der Waals surface area contributed by atoms with Crippen LogP contribution in [-0.4, -0.2) is 22.3 Å². The molecule has 0 bridgehead atoms. The number of thiophene rings is 1. The van der Waals surface area contributed by atoms with Crippen LogP contribution in [0.3, 0.4) is 0 Å². The molecule has 0 radical (unpaired) electrons. The Labute approximate surface area is 182 Å². The molecule has 31 heavy (non-hydrogen) atoms. The molecule has 0 saturated carbocycles. The van der Waals surface area contributed by atoms with E-state index in [1.807, 2.05) is 35.9 Å². The standard InChI is InChI=1S/C23H19FN4O2S/c1-15-20-12-21(22(29)26-13-17-3-2-4-19(11-17)30-10-9-25)31-23(20)28(27-15)14-16-5-7-18(24)8-6-16/h2-8,11-12H,10,13-14H2,1H3,(H,26,29). The van der Waals surface area contributed by atoms with Gasteiger partial charge in [0.15, 0.2) is 6.61 Å². The van der Waals surface area contributed by atoms with Crippen molar-refractivity contribution in [3.63, 3.8) is 0 Å². The highest BCUT2D eigenvalue weighted by molar-refractivity contribution is 7.20. The van der Waals surface area contributed by atoms with Crippen molar-refractivity contribution in [3.05, 3.63) is 82.1 Å². The van der Waals surface area contributed by atoms with Crippen molar-refractivity contribution in [2.45, 2.75) is 20.0 Å². The van der Waals surface area contributed by atoms with Crippen molar-refractivity contribution in [1.29, 1.82) is 5.26 Å². The quantitative estimate of drug-likeness (QED) is 0.467. The summed E-state index contributed by atoms with van der Waals surface area (Å²) < 4.78 is 20.3. The fraction of sp³-hybridized carbons (Fsp3) is 0.174. The first-order valence-electron chi connectivity index (χ1n) is 9.62. The van der Waals surface area contributed by atoms with Crippen LogP contribution in [0.1, 0.15) is 26.5 Å². The second kappa shape index (κ2) is 8.98. The first-order chi connectivity index (χ1) is 15.0. The number of amides is 1. The Morgan fingerprint density at radius 3 is 2.81 bits per heavy atom. The monoisotopic (exact) mass is 434 g/mol. The predicted octanol–water partition coefficient (Wildman–Crippen LogP) is 4.43. The number of carbonyl (C=O) groups excluding carboxylic acids is 1. The predicted molar refractivity (Wildman–Crippen MR) is 117 cm³/mol. The normalized spacial score (nSPS) is 10.7. The zero-order valence-electron chi connectivity index (χ0n) is 16.8. The van der Waals surface area contributed by atoms with Gasteiger partial charge >= 0.3 is 0 Å². The summed E-state index contributed by atoms with van der Waals surface area (Å²) in [5, 5.41) is 17.0. The first kappa shape index (κ1) is 20.6. The Morgan fingerprint density at radius 1 is 1.23 bits per heavy atom. The van der Waals surface area contributed by atoms with Crippen LogP contribution in [0.4, 0.5) is 4.39 Å². The number of nitriles is 1. The maximum absolute atomic E-state index is 13.2. The molecule has 4 rings (SSSR count). The SMILES string of the molecule is Cc1nn(Cc2ccc(F)cc2)c2sc(C(=O)NCc3cccc(OCC#N)c3)cc12. The Kier molecular flexibility index (Phi) is 5.96. The highest BCUT2D eigenvalue weighted by Crippen LogP contribution is 2.29. The van der Waals surface area contributed by atoms with Gasteiger partial charge in [0.05, 0.1) is 17.1 Å². The molecule has 6 nitrogen and oxygen atoms in total. The molecule has 0 aliphatic heterocycles. The number of nitrogens with zero attached hydrogens (tertiary/aromatic N) is 3. The minimum Gasteiger partial charge on any atom is -0.479 e. The fourth-order valence-corrected chi connectivity index (χ4v) is 4.30. The van der Waals surface area contributed by atoms with E-state index in [4.69, 9.17) is 10.00 Å². The summed E-state index contributed by atoms with van der Waals surface area (Å²) in [5.41, 5.74) is 2.65. The van der Waals surface area contributed by atoms with Crippen molar-refractivity contribution in [2.75, 3.05) is 6.61 Å². The van der Waals surface area contributed by atoms with Gasteiger partial charge in [-0.15, -0.1) is 11.3 Å². The van der Waals surface area contributed by atoms with E-state index in [2.05, 4.69) is 10.4 Å². The number of halogens is 1. The average Bonchev–Trinajstić information content (AvgIpc) is 3.34. The molecular formula is C23H19FN4O2S. The molecule has 0 atom stereocenters. The molecule has 8 heteroatoms. The molecular weight excluding hydrogens is 415 g/mol. The van der Waals surface area contributed by atoms with E-state index in [1.165, 1.54) is 23.5 Å². The highest BCUT2D eigenvalue weighted by Gasteiger charge is 2.16. The maximum Gasteiger partial charge on any atom is 0.261 e. The third kappa shape index (κ3) is 4.73. The van der Waals surface area contributed by atoms with E-state index in [9.17, 15) is 9.18 Å². The van der Waals surface area contributed by atoms with Crippen LogP contribution >= 0.6 is 11.3 Å². The molecule has 2 heterocycles. The summed E-state index contributed by atoms with van der Waals surface area (Å²) in [6.45, 7) is 2.73. The van der Waals surface area contributed by atoms with E-state index in [0.717, 1.165) is 27.0 Å². The number of aryl methyl sites for hydroxylation is 1. The van der Waals surface area contributed by atoms with Gasteiger partial charge in [-0.05, 0) is 48.4 Å². The highest BCUT2D eigenvalue weighted by atomic mass is 32.1. The van der Waals surface area contributed by atoms with Crippen molar-refractivity contribution in [3.8, 4) is 11.8 Å². The second-order valence-corrected chi connectivity index (χ2v) is 8.01. The molecule has 0 saturated heterocycles. The van der Waals surface area contributed by atoms with Crippen molar-refractivity contribution in [2.24, 2.45) is 0 Å². The van der Waals surface area contributed by atoms with Crippen molar-refractivity contribution >= 4 is 27.5 Å². The Hall–Kier alpha value is -3.70. The van der Waals surface area contributed by atoms with Gasteiger partial charge in [0.1, 0.15) is 22.5 Å². The average molecular weight is 434 g/mol. The van der Waals surface area contributed by atoms with Crippen LogP contribution < -0.4 is 10.1 Å². The lowest BCUT2D eigenvalue weighted by molar-refractivity contribution is 0.0955. The lowest BCUT2D eigenvalue weighted by Crippen LogP contribution is -2.21. The number of nitrogens with one attached hydrogen (secondary N) is 1. The Bertz CT molecular complexity index is 1270. The van der Waals surface area contributed by atoms with Crippen molar-refractivity contribution < 1.29 is 13.9 Å².